The van der Waals surface area contributed by atoms with Crippen LogP contribution >= 0.6 is 0 Å². The highest BCUT2D eigenvalue weighted by Crippen LogP contribution is 2.39. The number of aromatic nitrogens is 2. The van der Waals surface area contributed by atoms with Gasteiger partial charge in [-0.3, -0.25) is 19.1 Å². The average molecular weight is 464 g/mol. The van der Waals surface area contributed by atoms with Gasteiger partial charge in [0.1, 0.15) is 11.5 Å². The number of H-pyrrole nitrogens is 1. The van der Waals surface area contributed by atoms with Gasteiger partial charge in [-0.2, -0.15) is 0 Å². The van der Waals surface area contributed by atoms with Crippen LogP contribution < -0.4 is 41.4 Å². The van der Waals surface area contributed by atoms with Crippen molar-refractivity contribution in [2.45, 2.75) is 39.7 Å². The number of aromatic amines is 1. The van der Waals surface area contributed by atoms with Crippen LogP contribution in [-0.4, -0.2) is 49.9 Å². The van der Waals surface area contributed by atoms with Crippen molar-refractivity contribution in [3.63, 3.8) is 0 Å². The Bertz CT molecular complexity index is 1050. The van der Waals surface area contributed by atoms with Crippen molar-refractivity contribution in [1.29, 1.82) is 0 Å². The summed E-state index contributed by atoms with van der Waals surface area (Å²) in [5, 5.41) is 2.80. The van der Waals surface area contributed by atoms with Gasteiger partial charge in [-0.15, -0.1) is 0 Å². The van der Waals surface area contributed by atoms with Crippen LogP contribution in [0.2, 0.25) is 0 Å². The lowest BCUT2D eigenvalue weighted by atomic mass is 10.2. The molecule has 4 N–H and O–H groups in total. The Kier molecular flexibility index (Phi) is 9.19. The van der Waals surface area contributed by atoms with Crippen LogP contribution in [0, 0.1) is 0 Å². The van der Waals surface area contributed by atoms with Crippen molar-refractivity contribution in [3.8, 4) is 17.2 Å². The number of carbonyl (C=O) groups excluding carboxylic acids is 1. The number of anilines is 3. The van der Waals surface area contributed by atoms with Crippen molar-refractivity contribution in [2.75, 3.05) is 50.4 Å². The van der Waals surface area contributed by atoms with Gasteiger partial charge in [0.05, 0.1) is 21.3 Å². The first kappa shape index (κ1) is 25.6. The Morgan fingerprint density at radius 3 is 2.27 bits per heavy atom. The standard InChI is InChI=1S/C22H33N5O6/c1-6-8-10-27-20(23)18(21(29)25-22(27)30)26(7-2)11-9-17(28)24-14-12-15(31-3)19(33-5)16(13-14)32-4/h12-13H,6-11,23H2,1-5H3,(H,24,28)(H,25,29,30). The molecule has 11 nitrogen and oxygen atoms in total. The smallest absolute Gasteiger partial charge is 0.330 e. The summed E-state index contributed by atoms with van der Waals surface area (Å²) in [5.41, 5.74) is 5.74. The van der Waals surface area contributed by atoms with Crippen molar-refractivity contribution in [1.82, 2.24) is 9.55 Å². The largest absolute Gasteiger partial charge is 0.493 e. The number of ether oxygens (including phenoxy) is 3. The number of nitrogen functional groups attached to an aromatic ring is 1. The molecule has 11 heteroatoms. The molecule has 0 aliphatic rings. The molecule has 0 aliphatic carbocycles. The molecule has 182 valence electrons. The Morgan fingerprint density at radius 2 is 1.76 bits per heavy atom. The van der Waals surface area contributed by atoms with Gasteiger partial charge in [0.2, 0.25) is 11.7 Å². The van der Waals surface area contributed by atoms with Crippen LogP contribution in [0.4, 0.5) is 17.2 Å². The average Bonchev–Trinajstić information content (AvgIpc) is 2.80. The minimum atomic E-state index is -0.572. The lowest BCUT2D eigenvalue weighted by Crippen LogP contribution is -2.39. The highest BCUT2D eigenvalue weighted by molar-refractivity contribution is 5.92. The maximum atomic E-state index is 12.6. The number of methoxy groups -OCH3 is 3. The molecular weight excluding hydrogens is 430 g/mol. The van der Waals surface area contributed by atoms with Crippen LogP contribution in [0.15, 0.2) is 21.7 Å². The maximum Gasteiger partial charge on any atom is 0.330 e. The number of nitrogens with two attached hydrogens (primary N) is 1. The van der Waals surface area contributed by atoms with Gasteiger partial charge in [-0.05, 0) is 13.3 Å². The molecule has 1 amide bonds. The molecule has 1 aromatic carbocycles. The summed E-state index contributed by atoms with van der Waals surface area (Å²) in [5.74, 6) is 1.07. The van der Waals surface area contributed by atoms with E-state index >= 15 is 0 Å². The second kappa shape index (κ2) is 11.8. The van der Waals surface area contributed by atoms with Crippen molar-refractivity contribution in [3.05, 3.63) is 33.0 Å². The summed E-state index contributed by atoms with van der Waals surface area (Å²) in [6.07, 6.45) is 1.70. The SMILES string of the molecule is CCCCn1c(N)c(N(CC)CCC(=O)Nc2cc(OC)c(OC)c(OC)c2)c(=O)[nH]c1=O. The molecule has 0 aliphatic heterocycles. The fourth-order valence-electron chi connectivity index (χ4n) is 3.46. The summed E-state index contributed by atoms with van der Waals surface area (Å²) < 4.78 is 17.3. The van der Waals surface area contributed by atoms with Gasteiger partial charge < -0.3 is 30.2 Å². The quantitative estimate of drug-likeness (QED) is 0.433. The number of nitrogens with zero attached hydrogens (tertiary/aromatic N) is 2. The van der Waals surface area contributed by atoms with Crippen LogP contribution in [0.25, 0.3) is 0 Å². The first-order valence-electron chi connectivity index (χ1n) is 10.8. The van der Waals surface area contributed by atoms with E-state index < -0.39 is 11.2 Å². The summed E-state index contributed by atoms with van der Waals surface area (Å²) in [7, 11) is 4.48. The lowest BCUT2D eigenvalue weighted by molar-refractivity contribution is -0.116. The van der Waals surface area contributed by atoms with Gasteiger partial charge in [-0.1, -0.05) is 13.3 Å². The van der Waals surface area contributed by atoms with Crippen molar-refractivity contribution >= 4 is 23.1 Å². The van der Waals surface area contributed by atoms with Gasteiger partial charge in [-0.25, -0.2) is 4.79 Å². The highest BCUT2D eigenvalue weighted by Gasteiger charge is 2.19. The number of benzene rings is 1. The Hall–Kier alpha value is -3.63. The molecule has 2 rings (SSSR count). The van der Waals surface area contributed by atoms with Crippen LogP contribution in [0.5, 0.6) is 17.2 Å². The Balaban J connectivity index is 2.19. The van der Waals surface area contributed by atoms with Crippen molar-refractivity contribution < 1.29 is 19.0 Å². The van der Waals surface area contributed by atoms with E-state index in [9.17, 15) is 14.4 Å². The van der Waals surface area contributed by atoms with E-state index in [4.69, 9.17) is 19.9 Å². The molecule has 1 heterocycles. The predicted octanol–water partition coefficient (Wildman–Crippen LogP) is 1.80. The van der Waals surface area contributed by atoms with E-state index in [1.807, 2.05) is 13.8 Å². The van der Waals surface area contributed by atoms with Gasteiger partial charge in [0, 0.05) is 43.9 Å². The molecule has 0 atom stereocenters. The number of hydrogen-bond donors (Lipinski definition) is 3. The summed E-state index contributed by atoms with van der Waals surface area (Å²) >= 11 is 0. The highest BCUT2D eigenvalue weighted by atomic mass is 16.5. The third-order valence-electron chi connectivity index (χ3n) is 5.20. The van der Waals surface area contributed by atoms with Gasteiger partial charge in [0.25, 0.3) is 5.56 Å². The molecular formula is C22H33N5O6. The summed E-state index contributed by atoms with van der Waals surface area (Å²) in [4.78, 5) is 41.3. The molecule has 1 aromatic heterocycles. The molecule has 0 radical (unpaired) electrons. The van der Waals surface area contributed by atoms with E-state index in [1.165, 1.54) is 25.9 Å². The minimum absolute atomic E-state index is 0.0808. The number of unbranched alkanes of at least 4 members (excludes halogenated alkanes) is 1. The van der Waals surface area contributed by atoms with E-state index in [0.29, 0.717) is 36.0 Å². The fourth-order valence-corrected chi connectivity index (χ4v) is 3.46. The van der Waals surface area contributed by atoms with Gasteiger partial charge in [0.15, 0.2) is 11.5 Å². The fraction of sp³-hybridized carbons (Fsp3) is 0.500. The molecule has 0 unspecified atom stereocenters. The Labute approximate surface area is 192 Å². The van der Waals surface area contributed by atoms with E-state index in [1.54, 1.807) is 17.0 Å². The minimum Gasteiger partial charge on any atom is -0.493 e. The molecule has 0 spiro atoms. The van der Waals surface area contributed by atoms with Crippen molar-refractivity contribution in [2.24, 2.45) is 0 Å². The third-order valence-corrected chi connectivity index (χ3v) is 5.20. The van der Waals surface area contributed by atoms with Crippen LogP contribution in [-0.2, 0) is 11.3 Å². The monoisotopic (exact) mass is 463 g/mol. The lowest BCUT2D eigenvalue weighted by Gasteiger charge is -2.24. The number of hydrogen-bond acceptors (Lipinski definition) is 8. The van der Waals surface area contributed by atoms with E-state index in [-0.39, 0.29) is 30.4 Å². The van der Waals surface area contributed by atoms with Gasteiger partial charge >= 0.3 is 5.69 Å². The third kappa shape index (κ3) is 5.99. The summed E-state index contributed by atoms with van der Waals surface area (Å²) in [6, 6.07) is 3.26. The number of rotatable bonds is 12. The number of carbonyl (C=O) groups is 1. The molecule has 0 saturated heterocycles. The second-order valence-corrected chi connectivity index (χ2v) is 7.29. The molecule has 0 saturated carbocycles. The molecule has 33 heavy (non-hydrogen) atoms. The number of amides is 1. The van der Waals surface area contributed by atoms with Crippen LogP contribution in [0.1, 0.15) is 33.1 Å². The zero-order chi connectivity index (χ0) is 24.5. The first-order chi connectivity index (χ1) is 15.8. The predicted molar refractivity (Wildman–Crippen MR) is 128 cm³/mol. The van der Waals surface area contributed by atoms with Crippen LogP contribution in [0.3, 0.4) is 0 Å². The zero-order valence-corrected chi connectivity index (χ0v) is 19.8. The first-order valence-corrected chi connectivity index (χ1v) is 10.8. The van der Waals surface area contributed by atoms with E-state index in [2.05, 4.69) is 10.3 Å². The Morgan fingerprint density at radius 1 is 1.12 bits per heavy atom. The molecule has 0 bridgehead atoms. The molecule has 0 fully saturated rings. The maximum absolute atomic E-state index is 12.6. The topological polar surface area (TPSA) is 141 Å². The van der Waals surface area contributed by atoms with E-state index in [0.717, 1.165) is 12.8 Å². The number of nitrogens with one attached hydrogen (secondary N) is 2. The normalized spacial score (nSPS) is 10.6. The molecule has 2 aromatic rings. The second-order valence-electron chi connectivity index (χ2n) is 7.29. The zero-order valence-electron chi connectivity index (χ0n) is 19.8. The summed E-state index contributed by atoms with van der Waals surface area (Å²) in [6.45, 7) is 4.91.